The van der Waals surface area contributed by atoms with Crippen molar-refractivity contribution in [2.24, 2.45) is 0 Å². The molecule has 1 atom stereocenters. The molecule has 1 aromatic carbocycles. The number of ether oxygens (including phenoxy) is 2. The van der Waals surface area contributed by atoms with Crippen LogP contribution in [0.5, 0.6) is 5.75 Å². The molecule has 1 saturated heterocycles. The second kappa shape index (κ2) is 10.6. The maximum atomic E-state index is 13.1. The predicted octanol–water partition coefficient (Wildman–Crippen LogP) is 4.41. The summed E-state index contributed by atoms with van der Waals surface area (Å²) in [5.41, 5.74) is 2.08. The largest absolute Gasteiger partial charge is 0.507 e. The molecule has 1 fully saturated rings. The number of ketones is 1. The van der Waals surface area contributed by atoms with Crippen molar-refractivity contribution in [3.63, 3.8) is 0 Å². The fraction of sp³-hybridized carbons (Fsp3) is 0.423. The van der Waals surface area contributed by atoms with Crippen molar-refractivity contribution < 1.29 is 24.2 Å². The average Bonchev–Trinajstić information content (AvgIpc) is 3.02. The Bertz CT molecular complexity index is 1030. The van der Waals surface area contributed by atoms with Gasteiger partial charge in [-0.25, -0.2) is 0 Å². The van der Waals surface area contributed by atoms with Crippen molar-refractivity contribution in [3.05, 3.63) is 65.0 Å². The SMILES string of the molecule is Cc1cc(/C(O)=C2/C(=O)C(=O)N(CCCOC(C)C)C2c2ccncc2)ccc1OC(C)C. The molecule has 0 spiro atoms. The summed E-state index contributed by atoms with van der Waals surface area (Å²) in [7, 11) is 0. The summed E-state index contributed by atoms with van der Waals surface area (Å²) in [5.74, 6) is -0.813. The topological polar surface area (TPSA) is 89.0 Å². The lowest BCUT2D eigenvalue weighted by atomic mass is 9.95. The molecule has 1 unspecified atom stereocenters. The fourth-order valence-corrected chi connectivity index (χ4v) is 3.90. The average molecular weight is 453 g/mol. The first-order valence-corrected chi connectivity index (χ1v) is 11.3. The van der Waals surface area contributed by atoms with Gasteiger partial charge in [0.15, 0.2) is 0 Å². The van der Waals surface area contributed by atoms with Crippen molar-refractivity contribution in [3.8, 4) is 5.75 Å². The highest BCUT2D eigenvalue weighted by molar-refractivity contribution is 6.46. The maximum Gasteiger partial charge on any atom is 0.295 e. The molecule has 1 aliphatic heterocycles. The van der Waals surface area contributed by atoms with E-state index in [2.05, 4.69) is 4.98 Å². The number of hydrogen-bond donors (Lipinski definition) is 1. The van der Waals surface area contributed by atoms with Crippen LogP contribution in [0.2, 0.25) is 0 Å². The monoisotopic (exact) mass is 452 g/mol. The lowest BCUT2D eigenvalue weighted by Crippen LogP contribution is -2.31. The van der Waals surface area contributed by atoms with Crippen LogP contribution in [0.1, 0.15) is 56.8 Å². The summed E-state index contributed by atoms with van der Waals surface area (Å²) < 4.78 is 11.4. The van der Waals surface area contributed by atoms with Crippen LogP contribution in [0.25, 0.3) is 5.76 Å². The molecule has 2 aromatic rings. The van der Waals surface area contributed by atoms with E-state index in [1.165, 1.54) is 4.90 Å². The van der Waals surface area contributed by atoms with Gasteiger partial charge in [-0.1, -0.05) is 0 Å². The van der Waals surface area contributed by atoms with Crippen LogP contribution in [-0.4, -0.2) is 52.0 Å². The third kappa shape index (κ3) is 5.60. The number of Topliss-reactive ketones (excluding diaryl/α,β-unsaturated/α-hetero) is 1. The van der Waals surface area contributed by atoms with Gasteiger partial charge >= 0.3 is 0 Å². The third-order valence-electron chi connectivity index (χ3n) is 5.37. The van der Waals surface area contributed by atoms with E-state index in [1.54, 1.807) is 42.7 Å². The molecule has 7 heteroatoms. The minimum absolute atomic E-state index is 0.0137. The quantitative estimate of drug-likeness (QED) is 0.262. The summed E-state index contributed by atoms with van der Waals surface area (Å²) in [6.07, 6.45) is 3.90. The molecule has 7 nitrogen and oxygen atoms in total. The molecule has 1 aliphatic rings. The zero-order valence-electron chi connectivity index (χ0n) is 19.9. The number of aliphatic hydroxyl groups is 1. The molecule has 3 rings (SSSR count). The van der Waals surface area contributed by atoms with E-state index >= 15 is 0 Å². The second-order valence-corrected chi connectivity index (χ2v) is 8.69. The molecule has 1 amide bonds. The third-order valence-corrected chi connectivity index (χ3v) is 5.37. The Balaban J connectivity index is 2.00. The van der Waals surface area contributed by atoms with E-state index in [-0.39, 0.29) is 23.5 Å². The Morgan fingerprint density at radius 1 is 1.09 bits per heavy atom. The van der Waals surface area contributed by atoms with Crippen LogP contribution in [0.15, 0.2) is 48.3 Å². The zero-order chi connectivity index (χ0) is 24.1. The van der Waals surface area contributed by atoms with Gasteiger partial charge in [0.05, 0.1) is 23.8 Å². The minimum atomic E-state index is -0.695. The van der Waals surface area contributed by atoms with Gasteiger partial charge < -0.3 is 19.5 Å². The van der Waals surface area contributed by atoms with E-state index in [9.17, 15) is 14.7 Å². The van der Waals surface area contributed by atoms with E-state index in [0.717, 1.165) is 5.56 Å². The van der Waals surface area contributed by atoms with Crippen LogP contribution in [0, 0.1) is 6.92 Å². The number of benzene rings is 1. The van der Waals surface area contributed by atoms with Crippen molar-refractivity contribution in [1.29, 1.82) is 0 Å². The normalized spacial score (nSPS) is 17.9. The second-order valence-electron chi connectivity index (χ2n) is 8.69. The summed E-state index contributed by atoms with van der Waals surface area (Å²) in [4.78, 5) is 31.6. The predicted molar refractivity (Wildman–Crippen MR) is 126 cm³/mol. The zero-order valence-corrected chi connectivity index (χ0v) is 19.9. The fourth-order valence-electron chi connectivity index (χ4n) is 3.90. The first kappa shape index (κ1) is 24.5. The smallest absolute Gasteiger partial charge is 0.295 e. The summed E-state index contributed by atoms with van der Waals surface area (Å²) in [6, 6.07) is 8.05. The Morgan fingerprint density at radius 2 is 1.79 bits per heavy atom. The molecule has 0 radical (unpaired) electrons. The van der Waals surface area contributed by atoms with Gasteiger partial charge in [0.2, 0.25) is 0 Å². The Morgan fingerprint density at radius 3 is 2.39 bits per heavy atom. The molecule has 0 saturated carbocycles. The number of amides is 1. The van der Waals surface area contributed by atoms with Crippen LogP contribution < -0.4 is 4.74 Å². The number of rotatable bonds is 9. The van der Waals surface area contributed by atoms with Crippen molar-refractivity contribution in [2.45, 2.75) is 59.3 Å². The van der Waals surface area contributed by atoms with E-state index in [1.807, 2.05) is 34.6 Å². The standard InChI is InChI=1S/C26H32N2O5/c1-16(2)32-14-6-13-28-23(19-9-11-27-12-10-19)22(25(30)26(28)31)24(29)20-7-8-21(18(5)15-20)33-17(3)4/h7-12,15-17,23,29H,6,13-14H2,1-5H3/b24-22-. The molecule has 1 N–H and O–H groups in total. The molecule has 176 valence electrons. The lowest BCUT2D eigenvalue weighted by molar-refractivity contribution is -0.140. The van der Waals surface area contributed by atoms with Gasteiger partial charge in [0.25, 0.3) is 11.7 Å². The van der Waals surface area contributed by atoms with Gasteiger partial charge in [-0.15, -0.1) is 0 Å². The highest BCUT2D eigenvalue weighted by Gasteiger charge is 2.45. The lowest BCUT2D eigenvalue weighted by Gasteiger charge is -2.25. The van der Waals surface area contributed by atoms with Gasteiger partial charge in [-0.05, 0) is 82.5 Å². The molecule has 2 heterocycles. The first-order chi connectivity index (χ1) is 15.7. The number of hydrogen-bond acceptors (Lipinski definition) is 6. The summed E-state index contributed by atoms with van der Waals surface area (Å²) >= 11 is 0. The number of carbonyl (C=O) groups excluding carboxylic acids is 2. The number of aromatic nitrogens is 1. The number of aliphatic hydroxyl groups excluding tert-OH is 1. The molecule has 0 aliphatic carbocycles. The number of likely N-dealkylation sites (tertiary alicyclic amines) is 1. The molecule has 1 aromatic heterocycles. The Hall–Kier alpha value is -3.19. The molecule has 0 bridgehead atoms. The molecular weight excluding hydrogens is 420 g/mol. The van der Waals surface area contributed by atoms with Crippen LogP contribution >= 0.6 is 0 Å². The van der Waals surface area contributed by atoms with Crippen LogP contribution in [-0.2, 0) is 14.3 Å². The molecule has 33 heavy (non-hydrogen) atoms. The minimum Gasteiger partial charge on any atom is -0.507 e. The van der Waals surface area contributed by atoms with E-state index in [4.69, 9.17) is 9.47 Å². The van der Waals surface area contributed by atoms with E-state index in [0.29, 0.717) is 36.4 Å². The van der Waals surface area contributed by atoms with Gasteiger partial charge in [-0.3, -0.25) is 14.6 Å². The van der Waals surface area contributed by atoms with E-state index < -0.39 is 17.7 Å². The molecular formula is C26H32N2O5. The van der Waals surface area contributed by atoms with Crippen molar-refractivity contribution in [1.82, 2.24) is 9.88 Å². The number of carbonyl (C=O) groups is 2. The van der Waals surface area contributed by atoms with Crippen LogP contribution in [0.4, 0.5) is 0 Å². The van der Waals surface area contributed by atoms with Gasteiger partial charge in [0.1, 0.15) is 11.5 Å². The highest BCUT2D eigenvalue weighted by Crippen LogP contribution is 2.39. The highest BCUT2D eigenvalue weighted by atomic mass is 16.5. The van der Waals surface area contributed by atoms with Gasteiger partial charge in [-0.2, -0.15) is 0 Å². The summed E-state index contributed by atoms with van der Waals surface area (Å²) in [6.45, 7) is 10.5. The first-order valence-electron chi connectivity index (χ1n) is 11.3. The number of nitrogens with zero attached hydrogens (tertiary/aromatic N) is 2. The number of pyridine rings is 1. The number of aryl methyl sites for hydroxylation is 1. The Kier molecular flexibility index (Phi) is 7.87. The van der Waals surface area contributed by atoms with Crippen LogP contribution in [0.3, 0.4) is 0 Å². The maximum absolute atomic E-state index is 13.1. The van der Waals surface area contributed by atoms with Crippen molar-refractivity contribution in [2.75, 3.05) is 13.2 Å². The summed E-state index contributed by atoms with van der Waals surface area (Å²) in [5, 5.41) is 11.2. The van der Waals surface area contributed by atoms with Crippen molar-refractivity contribution >= 4 is 17.4 Å². The Labute approximate surface area is 195 Å². The van der Waals surface area contributed by atoms with Gasteiger partial charge in [0, 0.05) is 31.1 Å².